The average molecular weight is 464 g/mol. The van der Waals surface area contributed by atoms with E-state index in [1.54, 1.807) is 0 Å². The van der Waals surface area contributed by atoms with E-state index in [0.717, 1.165) is 39.1 Å². The quantitative estimate of drug-likeness (QED) is 0.265. The second-order valence-electron chi connectivity index (χ2n) is 8.37. The van der Waals surface area contributed by atoms with E-state index in [4.69, 9.17) is 9.47 Å². The van der Waals surface area contributed by atoms with Crippen LogP contribution in [0.2, 0.25) is 0 Å². The van der Waals surface area contributed by atoms with Crippen molar-refractivity contribution in [2.75, 3.05) is 0 Å². The van der Waals surface area contributed by atoms with Crippen molar-refractivity contribution in [2.24, 2.45) is 0 Å². The van der Waals surface area contributed by atoms with Crippen molar-refractivity contribution >= 4 is 16.9 Å². The molecule has 0 saturated carbocycles. The van der Waals surface area contributed by atoms with E-state index in [-0.39, 0.29) is 6.42 Å². The van der Waals surface area contributed by atoms with Gasteiger partial charge in [-0.2, -0.15) is 0 Å². The fraction of sp³-hybridized carbons (Fsp3) is 0.100. The Labute approximate surface area is 203 Å². The molecule has 1 heterocycles. The van der Waals surface area contributed by atoms with Gasteiger partial charge in [-0.1, -0.05) is 60.7 Å². The van der Waals surface area contributed by atoms with Crippen LogP contribution in [0.25, 0.3) is 10.9 Å². The maximum absolute atomic E-state index is 11.5. The highest BCUT2D eigenvalue weighted by Gasteiger charge is 2.13. The number of benzene rings is 4. The molecule has 0 unspecified atom stereocenters. The Bertz CT molecular complexity index is 1440. The summed E-state index contributed by atoms with van der Waals surface area (Å²) in [5.41, 5.74) is 3.85. The molecule has 0 spiro atoms. The lowest BCUT2D eigenvalue weighted by Gasteiger charge is -2.10. The Morgan fingerprint density at radius 2 is 1.46 bits per heavy atom. The van der Waals surface area contributed by atoms with Crippen LogP contribution in [-0.4, -0.2) is 15.6 Å². The summed E-state index contributed by atoms with van der Waals surface area (Å²) >= 11 is 0. The predicted octanol–water partition coefficient (Wildman–Crippen LogP) is 6.69. The molecule has 5 aromatic rings. The van der Waals surface area contributed by atoms with E-state index in [9.17, 15) is 9.90 Å². The van der Waals surface area contributed by atoms with Crippen LogP contribution in [0.5, 0.6) is 17.2 Å². The average Bonchev–Trinajstić information content (AvgIpc) is 3.20. The van der Waals surface area contributed by atoms with Gasteiger partial charge in [-0.3, -0.25) is 4.79 Å². The highest BCUT2D eigenvalue weighted by atomic mass is 16.5. The number of carbonyl (C=O) groups is 1. The number of hydrogen-bond donors (Lipinski definition) is 1. The predicted molar refractivity (Wildman–Crippen MR) is 136 cm³/mol. The summed E-state index contributed by atoms with van der Waals surface area (Å²) in [5.74, 6) is 1.39. The molecule has 0 radical (unpaired) electrons. The number of rotatable bonds is 9. The third kappa shape index (κ3) is 5.53. The van der Waals surface area contributed by atoms with Crippen LogP contribution in [-0.2, 0) is 24.4 Å². The molecule has 5 heteroatoms. The Morgan fingerprint density at radius 1 is 0.743 bits per heavy atom. The first-order chi connectivity index (χ1) is 17.1. The van der Waals surface area contributed by atoms with Crippen molar-refractivity contribution in [3.05, 3.63) is 126 Å². The molecular weight excluding hydrogens is 438 g/mol. The first-order valence-electron chi connectivity index (χ1n) is 11.5. The molecule has 1 N–H and O–H groups in total. The summed E-state index contributed by atoms with van der Waals surface area (Å²) in [5, 5.41) is 10.4. The Hall–Kier alpha value is -4.51. The van der Waals surface area contributed by atoms with Gasteiger partial charge in [0.1, 0.15) is 23.9 Å². The molecule has 5 nitrogen and oxygen atoms in total. The number of fused-ring (bicyclic) bond motifs is 1. The second-order valence-corrected chi connectivity index (χ2v) is 8.37. The Balaban J connectivity index is 1.40. The number of aliphatic carboxylic acids is 1. The van der Waals surface area contributed by atoms with Crippen LogP contribution in [0.3, 0.4) is 0 Å². The molecule has 1 aromatic heterocycles. The summed E-state index contributed by atoms with van der Waals surface area (Å²) in [6.45, 7) is 1.04. The third-order valence-electron chi connectivity index (χ3n) is 5.76. The van der Waals surface area contributed by atoms with Crippen LogP contribution in [0.15, 0.2) is 109 Å². The normalized spacial score (nSPS) is 10.9. The molecule has 0 bridgehead atoms. The zero-order valence-corrected chi connectivity index (χ0v) is 19.1. The molecule has 0 fully saturated rings. The largest absolute Gasteiger partial charge is 0.489 e. The Kier molecular flexibility index (Phi) is 6.48. The fourth-order valence-electron chi connectivity index (χ4n) is 4.14. The number of carboxylic acids is 1. The number of hydrogen-bond acceptors (Lipinski definition) is 3. The van der Waals surface area contributed by atoms with Gasteiger partial charge in [-0.05, 0) is 59.2 Å². The van der Waals surface area contributed by atoms with Gasteiger partial charge >= 0.3 is 5.97 Å². The smallest absolute Gasteiger partial charge is 0.307 e. The van der Waals surface area contributed by atoms with Gasteiger partial charge < -0.3 is 19.1 Å². The summed E-state index contributed by atoms with van der Waals surface area (Å²) < 4.78 is 14.0. The standard InChI is InChI=1S/C30H25NO4/c32-30(33)17-24-20-31(19-23-10-7-13-27(16-23)35-25-11-5-2-6-12-25)29-15-14-26(18-28(24)29)34-21-22-8-3-1-4-9-22/h1-16,18,20H,17,19,21H2,(H,32,33). The van der Waals surface area contributed by atoms with Gasteiger partial charge in [0, 0.05) is 23.6 Å². The molecule has 0 aliphatic carbocycles. The van der Waals surface area contributed by atoms with E-state index in [1.807, 2.05) is 109 Å². The maximum atomic E-state index is 11.5. The fourth-order valence-corrected chi connectivity index (χ4v) is 4.14. The topological polar surface area (TPSA) is 60.7 Å². The van der Waals surface area contributed by atoms with Gasteiger partial charge in [0.2, 0.25) is 0 Å². The molecule has 0 amide bonds. The molecule has 0 aliphatic rings. The van der Waals surface area contributed by atoms with Gasteiger partial charge in [-0.15, -0.1) is 0 Å². The van der Waals surface area contributed by atoms with Gasteiger partial charge in [0.25, 0.3) is 0 Å². The van der Waals surface area contributed by atoms with Crippen molar-refractivity contribution in [1.82, 2.24) is 4.57 Å². The van der Waals surface area contributed by atoms with Crippen molar-refractivity contribution in [1.29, 1.82) is 0 Å². The van der Waals surface area contributed by atoms with E-state index in [1.165, 1.54) is 0 Å². The van der Waals surface area contributed by atoms with Crippen molar-refractivity contribution in [3.63, 3.8) is 0 Å². The van der Waals surface area contributed by atoms with Crippen molar-refractivity contribution in [2.45, 2.75) is 19.6 Å². The highest BCUT2D eigenvalue weighted by molar-refractivity contribution is 5.88. The van der Waals surface area contributed by atoms with Crippen LogP contribution < -0.4 is 9.47 Å². The number of carboxylic acid groups (broad SMARTS) is 1. The first kappa shape index (κ1) is 22.3. The highest BCUT2D eigenvalue weighted by Crippen LogP contribution is 2.29. The van der Waals surface area contributed by atoms with E-state index in [2.05, 4.69) is 4.57 Å². The second kappa shape index (κ2) is 10.2. The zero-order valence-electron chi connectivity index (χ0n) is 19.1. The van der Waals surface area contributed by atoms with Crippen molar-refractivity contribution < 1.29 is 19.4 Å². The summed E-state index contributed by atoms with van der Waals surface area (Å²) in [6, 6.07) is 33.4. The first-order valence-corrected chi connectivity index (χ1v) is 11.5. The van der Waals surface area contributed by atoms with Crippen LogP contribution in [0.4, 0.5) is 0 Å². The van der Waals surface area contributed by atoms with Crippen LogP contribution in [0, 0.1) is 0 Å². The van der Waals surface area contributed by atoms with Gasteiger partial charge in [0.05, 0.1) is 6.42 Å². The number of ether oxygens (including phenoxy) is 2. The third-order valence-corrected chi connectivity index (χ3v) is 5.76. The number of aromatic nitrogens is 1. The summed E-state index contributed by atoms with van der Waals surface area (Å²) in [4.78, 5) is 11.5. The molecular formula is C30H25NO4. The lowest BCUT2D eigenvalue weighted by molar-refractivity contribution is -0.136. The maximum Gasteiger partial charge on any atom is 0.307 e. The molecule has 174 valence electrons. The molecule has 5 rings (SSSR count). The monoisotopic (exact) mass is 463 g/mol. The molecule has 0 saturated heterocycles. The minimum absolute atomic E-state index is 0.0528. The van der Waals surface area contributed by atoms with Gasteiger partial charge in [-0.25, -0.2) is 0 Å². The van der Waals surface area contributed by atoms with E-state index >= 15 is 0 Å². The number of para-hydroxylation sites is 1. The van der Waals surface area contributed by atoms with E-state index in [0.29, 0.717) is 18.9 Å². The minimum Gasteiger partial charge on any atom is -0.489 e. The summed E-state index contributed by atoms with van der Waals surface area (Å²) in [7, 11) is 0. The number of nitrogens with zero attached hydrogens (tertiary/aromatic N) is 1. The van der Waals surface area contributed by atoms with Gasteiger partial charge in [0.15, 0.2) is 0 Å². The SMILES string of the molecule is O=C(O)Cc1cn(Cc2cccc(Oc3ccccc3)c2)c2ccc(OCc3ccccc3)cc12. The van der Waals surface area contributed by atoms with E-state index < -0.39 is 5.97 Å². The molecule has 0 aliphatic heterocycles. The van der Waals surface area contributed by atoms with Crippen LogP contribution >= 0.6 is 0 Å². The van der Waals surface area contributed by atoms with Crippen molar-refractivity contribution in [3.8, 4) is 17.2 Å². The molecule has 0 atom stereocenters. The van der Waals surface area contributed by atoms with Crippen LogP contribution in [0.1, 0.15) is 16.7 Å². The molecule has 35 heavy (non-hydrogen) atoms. The zero-order chi connectivity index (χ0) is 24.0. The molecule has 4 aromatic carbocycles. The lowest BCUT2D eigenvalue weighted by atomic mass is 10.1. The lowest BCUT2D eigenvalue weighted by Crippen LogP contribution is -2.00. The Morgan fingerprint density at radius 3 is 2.23 bits per heavy atom. The summed E-state index contributed by atoms with van der Waals surface area (Å²) in [6.07, 6.45) is 1.87. The minimum atomic E-state index is -0.863.